The van der Waals surface area contributed by atoms with Crippen LogP contribution >= 0.6 is 0 Å². The highest BCUT2D eigenvalue weighted by Gasteiger charge is 2.23. The lowest BCUT2D eigenvalue weighted by Crippen LogP contribution is -2.33. The molecular formula is C20H29N5O4S. The number of benzene rings is 1. The molecule has 2 heterocycles. The second-order valence-electron chi connectivity index (χ2n) is 7.78. The van der Waals surface area contributed by atoms with Gasteiger partial charge in [0.25, 0.3) is 5.91 Å². The molecule has 1 aliphatic rings. The number of nitrogens with one attached hydrogen (secondary N) is 1. The number of aromatic nitrogens is 3. The standard InChI is InChI=1S/C20H29N5O4S/c1-15(2)23(3)30(28,29)17-10-8-16(9-11-17)19(26)21-12-6-14-25-20(27)24-13-5-4-7-18(24)22-25/h8-11,15H,4-7,12-14H2,1-3H3,(H,21,26). The first-order chi connectivity index (χ1) is 14.2. The monoisotopic (exact) mass is 435 g/mol. The van der Waals surface area contributed by atoms with Gasteiger partial charge in [-0.05, 0) is 57.4 Å². The number of sulfonamides is 1. The number of hydrogen-bond acceptors (Lipinski definition) is 5. The zero-order valence-electron chi connectivity index (χ0n) is 17.7. The Hall–Kier alpha value is -2.46. The Morgan fingerprint density at radius 2 is 1.93 bits per heavy atom. The molecule has 0 saturated carbocycles. The van der Waals surface area contributed by atoms with Crippen molar-refractivity contribution in [3.63, 3.8) is 0 Å². The van der Waals surface area contributed by atoms with Crippen molar-refractivity contribution in [2.45, 2.75) is 63.6 Å². The predicted molar refractivity (Wildman–Crippen MR) is 113 cm³/mol. The first-order valence-electron chi connectivity index (χ1n) is 10.2. The number of hydrogen-bond donors (Lipinski definition) is 1. The highest BCUT2D eigenvalue weighted by atomic mass is 32.2. The van der Waals surface area contributed by atoms with Crippen molar-refractivity contribution in [2.75, 3.05) is 13.6 Å². The third kappa shape index (κ3) is 4.65. The summed E-state index contributed by atoms with van der Waals surface area (Å²) in [5.41, 5.74) is 0.301. The SMILES string of the molecule is CC(C)N(C)S(=O)(=O)c1ccc(C(=O)NCCCn2nc3n(c2=O)CCCC3)cc1. The Kier molecular flexibility index (Phi) is 6.77. The van der Waals surface area contributed by atoms with Gasteiger partial charge in [0.15, 0.2) is 0 Å². The second kappa shape index (κ2) is 9.13. The summed E-state index contributed by atoms with van der Waals surface area (Å²) < 4.78 is 29.5. The number of rotatable bonds is 8. The maximum Gasteiger partial charge on any atom is 0.345 e. The van der Waals surface area contributed by atoms with Crippen LogP contribution < -0.4 is 11.0 Å². The molecule has 1 aromatic heterocycles. The van der Waals surface area contributed by atoms with Gasteiger partial charge in [-0.1, -0.05) is 0 Å². The van der Waals surface area contributed by atoms with Crippen LogP contribution in [0.2, 0.25) is 0 Å². The molecule has 1 aliphatic heterocycles. The van der Waals surface area contributed by atoms with E-state index in [1.165, 1.54) is 40.3 Å². The molecule has 10 heteroatoms. The summed E-state index contributed by atoms with van der Waals surface area (Å²) in [5, 5.41) is 7.18. The van der Waals surface area contributed by atoms with Crippen LogP contribution in [0.15, 0.2) is 34.0 Å². The largest absolute Gasteiger partial charge is 0.352 e. The summed E-state index contributed by atoms with van der Waals surface area (Å²) in [6.45, 7) is 5.16. The van der Waals surface area contributed by atoms with Gasteiger partial charge < -0.3 is 5.32 Å². The molecule has 1 aromatic carbocycles. The van der Waals surface area contributed by atoms with E-state index in [1.54, 1.807) is 18.4 Å². The van der Waals surface area contributed by atoms with Gasteiger partial charge in [-0.2, -0.15) is 9.40 Å². The van der Waals surface area contributed by atoms with Crippen LogP contribution in [0.4, 0.5) is 0 Å². The van der Waals surface area contributed by atoms with Gasteiger partial charge >= 0.3 is 5.69 Å². The minimum Gasteiger partial charge on any atom is -0.352 e. The zero-order valence-corrected chi connectivity index (χ0v) is 18.5. The topological polar surface area (TPSA) is 106 Å². The molecule has 0 saturated heterocycles. The number of carbonyl (C=O) groups is 1. The Morgan fingerprint density at radius 3 is 2.57 bits per heavy atom. The van der Waals surface area contributed by atoms with Crippen molar-refractivity contribution in [2.24, 2.45) is 0 Å². The van der Waals surface area contributed by atoms with Gasteiger partial charge in [0, 0.05) is 44.7 Å². The molecule has 2 aromatic rings. The lowest BCUT2D eigenvalue weighted by Gasteiger charge is -2.21. The Bertz CT molecular complexity index is 1050. The molecule has 0 aliphatic carbocycles. The quantitative estimate of drug-likeness (QED) is 0.628. The van der Waals surface area contributed by atoms with Crippen molar-refractivity contribution in [1.29, 1.82) is 0 Å². The van der Waals surface area contributed by atoms with Crippen LogP contribution in [-0.2, 0) is 29.5 Å². The van der Waals surface area contributed by atoms with Crippen molar-refractivity contribution < 1.29 is 13.2 Å². The minimum atomic E-state index is -3.58. The summed E-state index contributed by atoms with van der Waals surface area (Å²) >= 11 is 0. The third-order valence-electron chi connectivity index (χ3n) is 5.38. The molecule has 0 spiro atoms. The van der Waals surface area contributed by atoms with E-state index in [2.05, 4.69) is 10.4 Å². The van der Waals surface area contributed by atoms with E-state index < -0.39 is 10.0 Å². The minimum absolute atomic E-state index is 0.0841. The highest BCUT2D eigenvalue weighted by Crippen LogP contribution is 2.17. The molecule has 1 N–H and O–H groups in total. The van der Waals surface area contributed by atoms with Crippen molar-refractivity contribution in [3.8, 4) is 0 Å². The van der Waals surface area contributed by atoms with Crippen molar-refractivity contribution >= 4 is 15.9 Å². The summed E-state index contributed by atoms with van der Waals surface area (Å²) in [6, 6.07) is 5.73. The molecule has 1 amide bonds. The Balaban J connectivity index is 1.53. The van der Waals surface area contributed by atoms with E-state index in [1.807, 2.05) is 0 Å². The van der Waals surface area contributed by atoms with Gasteiger partial charge in [0.1, 0.15) is 5.82 Å². The zero-order chi connectivity index (χ0) is 21.9. The normalized spacial score (nSPS) is 14.2. The average molecular weight is 436 g/mol. The number of carbonyl (C=O) groups excluding carboxylic acids is 1. The summed E-state index contributed by atoms with van der Waals surface area (Å²) in [6.07, 6.45) is 3.47. The van der Waals surface area contributed by atoms with Crippen molar-refractivity contribution in [1.82, 2.24) is 24.0 Å². The highest BCUT2D eigenvalue weighted by molar-refractivity contribution is 7.89. The average Bonchev–Trinajstić information content (AvgIpc) is 3.06. The lowest BCUT2D eigenvalue weighted by molar-refractivity contribution is 0.0952. The number of fused-ring (bicyclic) bond motifs is 1. The number of nitrogens with zero attached hydrogens (tertiary/aromatic N) is 4. The van der Waals surface area contributed by atoms with E-state index in [-0.39, 0.29) is 22.5 Å². The van der Waals surface area contributed by atoms with Gasteiger partial charge in [-0.15, -0.1) is 0 Å². The van der Waals surface area contributed by atoms with E-state index in [9.17, 15) is 18.0 Å². The van der Waals surface area contributed by atoms with Crippen LogP contribution in [0.3, 0.4) is 0 Å². The summed E-state index contributed by atoms with van der Waals surface area (Å²) in [5.74, 6) is 0.557. The molecule has 0 unspecified atom stereocenters. The molecule has 30 heavy (non-hydrogen) atoms. The maximum absolute atomic E-state index is 12.5. The molecule has 0 radical (unpaired) electrons. The van der Waals surface area contributed by atoms with Gasteiger partial charge in [-0.25, -0.2) is 17.9 Å². The Morgan fingerprint density at radius 1 is 1.23 bits per heavy atom. The van der Waals surface area contributed by atoms with E-state index in [4.69, 9.17) is 0 Å². The molecule has 164 valence electrons. The van der Waals surface area contributed by atoms with Crippen LogP contribution in [-0.4, -0.2) is 52.6 Å². The van der Waals surface area contributed by atoms with Crippen LogP contribution in [0.25, 0.3) is 0 Å². The molecule has 3 rings (SSSR count). The number of aryl methyl sites for hydroxylation is 2. The fourth-order valence-electron chi connectivity index (χ4n) is 3.35. The third-order valence-corrected chi connectivity index (χ3v) is 7.43. The predicted octanol–water partition coefficient (Wildman–Crippen LogP) is 1.23. The molecule has 0 bridgehead atoms. The van der Waals surface area contributed by atoms with Crippen LogP contribution in [0.1, 0.15) is 49.3 Å². The first kappa shape index (κ1) is 22.2. The maximum atomic E-state index is 12.5. The molecule has 9 nitrogen and oxygen atoms in total. The van der Waals surface area contributed by atoms with Crippen LogP contribution in [0.5, 0.6) is 0 Å². The van der Waals surface area contributed by atoms with E-state index in [0.717, 1.165) is 31.6 Å². The van der Waals surface area contributed by atoms with Gasteiger partial charge in [0.05, 0.1) is 4.90 Å². The molecule has 0 fully saturated rings. The van der Waals surface area contributed by atoms with E-state index in [0.29, 0.717) is 25.1 Å². The summed E-state index contributed by atoms with van der Waals surface area (Å²) in [7, 11) is -2.05. The fraction of sp³-hybridized carbons (Fsp3) is 0.550. The van der Waals surface area contributed by atoms with Crippen molar-refractivity contribution in [3.05, 3.63) is 46.1 Å². The van der Waals surface area contributed by atoms with Gasteiger partial charge in [0.2, 0.25) is 10.0 Å². The second-order valence-corrected chi connectivity index (χ2v) is 9.78. The fourth-order valence-corrected chi connectivity index (χ4v) is 4.72. The van der Waals surface area contributed by atoms with E-state index >= 15 is 0 Å². The smallest absolute Gasteiger partial charge is 0.345 e. The molecular weight excluding hydrogens is 406 g/mol. The number of amides is 1. The Labute approximate surface area is 176 Å². The summed E-state index contributed by atoms with van der Waals surface area (Å²) in [4.78, 5) is 24.8. The molecule has 0 atom stereocenters. The lowest BCUT2D eigenvalue weighted by atomic mass is 10.2. The van der Waals surface area contributed by atoms with Gasteiger partial charge in [-0.3, -0.25) is 9.36 Å². The first-order valence-corrected chi connectivity index (χ1v) is 11.7. The van der Waals surface area contributed by atoms with Crippen LogP contribution in [0, 0.1) is 0 Å².